The number of nitrogens with zero attached hydrogens (tertiary/aromatic N) is 2. The van der Waals surface area contributed by atoms with Crippen LogP contribution in [0.5, 0.6) is 5.75 Å². The Hall–Kier alpha value is -2.45. The molecule has 0 aliphatic heterocycles. The SMILES string of the molecule is CN(C(=O)COc1ccc(S(=O)(=O)N(C)C)cc1)c1ccc(F)cc1. The van der Waals surface area contributed by atoms with Crippen LogP contribution in [0.15, 0.2) is 53.4 Å². The molecule has 0 aliphatic rings. The second-order valence-corrected chi connectivity index (χ2v) is 7.63. The number of benzene rings is 2. The van der Waals surface area contributed by atoms with Gasteiger partial charge in [0, 0.05) is 26.8 Å². The van der Waals surface area contributed by atoms with E-state index in [9.17, 15) is 17.6 Å². The molecule has 0 unspecified atom stereocenters. The van der Waals surface area contributed by atoms with Gasteiger partial charge >= 0.3 is 0 Å². The van der Waals surface area contributed by atoms with Crippen LogP contribution in [0.25, 0.3) is 0 Å². The average molecular weight is 366 g/mol. The third-order valence-electron chi connectivity index (χ3n) is 3.55. The molecule has 0 radical (unpaired) electrons. The predicted molar refractivity (Wildman–Crippen MR) is 92.6 cm³/mol. The van der Waals surface area contributed by atoms with Gasteiger partial charge in [-0.2, -0.15) is 0 Å². The fourth-order valence-electron chi connectivity index (χ4n) is 1.97. The molecular weight excluding hydrogens is 347 g/mol. The smallest absolute Gasteiger partial charge is 0.264 e. The summed E-state index contributed by atoms with van der Waals surface area (Å²) < 4.78 is 43.4. The van der Waals surface area contributed by atoms with Crippen LogP contribution in [0.2, 0.25) is 0 Å². The standard InChI is InChI=1S/C17H19FN2O4S/c1-19(2)25(22,23)16-10-8-15(9-11-16)24-12-17(21)20(3)14-6-4-13(18)5-7-14/h4-11H,12H2,1-3H3. The zero-order valence-electron chi connectivity index (χ0n) is 14.1. The van der Waals surface area contributed by atoms with Crippen molar-refractivity contribution in [3.8, 4) is 5.75 Å². The zero-order valence-corrected chi connectivity index (χ0v) is 15.0. The Kier molecular flexibility index (Phi) is 5.76. The van der Waals surface area contributed by atoms with Crippen LogP contribution in [0.4, 0.5) is 10.1 Å². The first-order valence-electron chi connectivity index (χ1n) is 7.39. The molecule has 0 heterocycles. The number of likely N-dealkylation sites (N-methyl/N-ethyl adjacent to an activating group) is 1. The van der Waals surface area contributed by atoms with E-state index < -0.39 is 10.0 Å². The summed E-state index contributed by atoms with van der Waals surface area (Å²) in [6.45, 7) is -0.229. The summed E-state index contributed by atoms with van der Waals surface area (Å²) in [5, 5.41) is 0. The highest BCUT2D eigenvalue weighted by Crippen LogP contribution is 2.19. The first kappa shape index (κ1) is 18.9. The Labute approximate surface area is 146 Å². The molecule has 0 spiro atoms. The molecule has 0 bridgehead atoms. The first-order valence-corrected chi connectivity index (χ1v) is 8.83. The first-order chi connectivity index (χ1) is 11.7. The summed E-state index contributed by atoms with van der Waals surface area (Å²) in [5.74, 6) is -0.330. The maximum atomic E-state index is 12.9. The number of hydrogen-bond acceptors (Lipinski definition) is 4. The quantitative estimate of drug-likeness (QED) is 0.785. The largest absolute Gasteiger partial charge is 0.484 e. The minimum atomic E-state index is -3.51. The van der Waals surface area contributed by atoms with E-state index in [-0.39, 0.29) is 23.2 Å². The molecule has 0 fully saturated rings. The number of anilines is 1. The van der Waals surface area contributed by atoms with Crippen LogP contribution in [-0.4, -0.2) is 46.4 Å². The molecule has 0 atom stereocenters. The minimum absolute atomic E-state index is 0.139. The normalized spacial score (nSPS) is 11.4. The molecule has 2 aromatic carbocycles. The number of hydrogen-bond donors (Lipinski definition) is 0. The van der Waals surface area contributed by atoms with Crippen LogP contribution in [-0.2, 0) is 14.8 Å². The van der Waals surface area contributed by atoms with Crippen molar-refractivity contribution in [2.45, 2.75) is 4.90 Å². The summed E-state index contributed by atoms with van der Waals surface area (Å²) in [6.07, 6.45) is 0. The Balaban J connectivity index is 1.99. The molecular formula is C17H19FN2O4S. The van der Waals surface area contributed by atoms with E-state index in [0.717, 1.165) is 4.31 Å². The number of carbonyl (C=O) groups excluding carboxylic acids is 1. The van der Waals surface area contributed by atoms with Gasteiger partial charge in [0.1, 0.15) is 11.6 Å². The van der Waals surface area contributed by atoms with Gasteiger partial charge in [0.2, 0.25) is 10.0 Å². The number of rotatable bonds is 6. The highest BCUT2D eigenvalue weighted by molar-refractivity contribution is 7.89. The third-order valence-corrected chi connectivity index (χ3v) is 5.38. The second kappa shape index (κ2) is 7.62. The molecule has 0 aromatic heterocycles. The number of sulfonamides is 1. The van der Waals surface area contributed by atoms with Gasteiger partial charge in [-0.05, 0) is 48.5 Å². The highest BCUT2D eigenvalue weighted by atomic mass is 32.2. The molecule has 1 amide bonds. The van der Waals surface area contributed by atoms with Crippen molar-refractivity contribution >= 4 is 21.6 Å². The van der Waals surface area contributed by atoms with Crippen molar-refractivity contribution in [1.82, 2.24) is 4.31 Å². The van der Waals surface area contributed by atoms with Crippen molar-refractivity contribution in [3.63, 3.8) is 0 Å². The summed E-state index contributed by atoms with van der Waals surface area (Å²) in [5.41, 5.74) is 0.544. The lowest BCUT2D eigenvalue weighted by atomic mass is 10.3. The fourth-order valence-corrected chi connectivity index (χ4v) is 2.87. The number of ether oxygens (including phenoxy) is 1. The molecule has 0 aliphatic carbocycles. The topological polar surface area (TPSA) is 66.9 Å². The lowest BCUT2D eigenvalue weighted by Crippen LogP contribution is -2.31. The van der Waals surface area contributed by atoms with Gasteiger partial charge in [-0.25, -0.2) is 17.1 Å². The van der Waals surface area contributed by atoms with Crippen LogP contribution in [0.3, 0.4) is 0 Å². The maximum absolute atomic E-state index is 12.9. The van der Waals surface area contributed by atoms with Gasteiger partial charge in [0.25, 0.3) is 5.91 Å². The van der Waals surface area contributed by atoms with E-state index in [1.54, 1.807) is 7.05 Å². The molecule has 0 saturated heterocycles. The van der Waals surface area contributed by atoms with Crippen molar-refractivity contribution < 1.29 is 22.3 Å². The van der Waals surface area contributed by atoms with Gasteiger partial charge in [0.05, 0.1) is 4.90 Å². The third kappa shape index (κ3) is 4.55. The van der Waals surface area contributed by atoms with Crippen LogP contribution in [0.1, 0.15) is 0 Å². The summed E-state index contributed by atoms with van der Waals surface area (Å²) in [7, 11) is 0.951. The number of amides is 1. The fraction of sp³-hybridized carbons (Fsp3) is 0.235. The van der Waals surface area contributed by atoms with Crippen molar-refractivity contribution in [2.75, 3.05) is 32.6 Å². The van der Waals surface area contributed by atoms with E-state index in [2.05, 4.69) is 0 Å². The van der Waals surface area contributed by atoms with Gasteiger partial charge < -0.3 is 9.64 Å². The molecule has 0 N–H and O–H groups in total. The Bertz CT molecular complexity index is 834. The lowest BCUT2D eigenvalue weighted by molar-refractivity contribution is -0.120. The number of carbonyl (C=O) groups is 1. The summed E-state index contributed by atoms with van der Waals surface area (Å²) >= 11 is 0. The number of halogens is 1. The van der Waals surface area contributed by atoms with Crippen LogP contribution in [0, 0.1) is 5.82 Å². The Morgan fingerprint density at radius 3 is 2.08 bits per heavy atom. The van der Waals surface area contributed by atoms with Gasteiger partial charge in [-0.15, -0.1) is 0 Å². The van der Waals surface area contributed by atoms with Gasteiger partial charge in [0.15, 0.2) is 6.61 Å². The van der Waals surface area contributed by atoms with Gasteiger partial charge in [-0.1, -0.05) is 0 Å². The molecule has 0 saturated carbocycles. The van der Waals surface area contributed by atoms with E-state index in [4.69, 9.17) is 4.74 Å². The zero-order chi connectivity index (χ0) is 18.6. The van der Waals surface area contributed by atoms with E-state index in [1.165, 1.54) is 67.5 Å². The molecule has 2 rings (SSSR count). The van der Waals surface area contributed by atoms with E-state index in [0.29, 0.717) is 11.4 Å². The highest BCUT2D eigenvalue weighted by Gasteiger charge is 2.17. The van der Waals surface area contributed by atoms with E-state index >= 15 is 0 Å². The van der Waals surface area contributed by atoms with Crippen molar-refractivity contribution in [3.05, 3.63) is 54.3 Å². The Morgan fingerprint density at radius 1 is 1.00 bits per heavy atom. The van der Waals surface area contributed by atoms with Crippen LogP contribution >= 0.6 is 0 Å². The molecule has 134 valence electrons. The predicted octanol–water partition coefficient (Wildman–Crippen LogP) is 2.12. The van der Waals surface area contributed by atoms with E-state index in [1.807, 2.05) is 0 Å². The molecule has 2 aromatic rings. The summed E-state index contributed by atoms with van der Waals surface area (Å²) in [4.78, 5) is 13.6. The Morgan fingerprint density at radius 2 is 1.56 bits per heavy atom. The monoisotopic (exact) mass is 366 g/mol. The molecule has 6 nitrogen and oxygen atoms in total. The minimum Gasteiger partial charge on any atom is -0.484 e. The van der Waals surface area contributed by atoms with Crippen molar-refractivity contribution in [2.24, 2.45) is 0 Å². The molecule has 25 heavy (non-hydrogen) atoms. The second-order valence-electron chi connectivity index (χ2n) is 5.48. The summed E-state index contributed by atoms with van der Waals surface area (Å²) in [6, 6.07) is 11.3. The maximum Gasteiger partial charge on any atom is 0.264 e. The van der Waals surface area contributed by atoms with Gasteiger partial charge in [-0.3, -0.25) is 4.79 Å². The van der Waals surface area contributed by atoms with Crippen molar-refractivity contribution in [1.29, 1.82) is 0 Å². The lowest BCUT2D eigenvalue weighted by Gasteiger charge is -2.17. The molecule has 8 heteroatoms. The van der Waals surface area contributed by atoms with Crippen LogP contribution < -0.4 is 9.64 Å². The average Bonchev–Trinajstić information content (AvgIpc) is 2.60.